The van der Waals surface area contributed by atoms with Crippen molar-refractivity contribution in [2.24, 2.45) is 5.73 Å². The van der Waals surface area contributed by atoms with Crippen molar-refractivity contribution in [2.45, 2.75) is 37.8 Å². The maximum Gasteiger partial charge on any atom is 0.237 e. The third kappa shape index (κ3) is 2.79. The second-order valence-corrected chi connectivity index (χ2v) is 4.58. The number of nitrogens with one attached hydrogen (secondary N) is 1. The van der Waals surface area contributed by atoms with Crippen LogP contribution < -0.4 is 11.1 Å². The molecule has 1 aromatic carbocycles. The molecule has 1 amide bonds. The minimum absolute atomic E-state index is 0. The van der Waals surface area contributed by atoms with Crippen LogP contribution in [0.5, 0.6) is 0 Å². The molecule has 0 heterocycles. The zero-order valence-electron chi connectivity index (χ0n) is 9.98. The summed E-state index contributed by atoms with van der Waals surface area (Å²) < 4.78 is 0. The van der Waals surface area contributed by atoms with Crippen molar-refractivity contribution in [2.75, 3.05) is 0 Å². The van der Waals surface area contributed by atoms with Gasteiger partial charge >= 0.3 is 0 Å². The molecule has 3 nitrogen and oxygen atoms in total. The van der Waals surface area contributed by atoms with E-state index in [0.29, 0.717) is 0 Å². The lowest BCUT2D eigenvalue weighted by Gasteiger charge is -2.43. The number of benzene rings is 1. The van der Waals surface area contributed by atoms with Crippen LogP contribution >= 0.6 is 12.4 Å². The highest BCUT2D eigenvalue weighted by Gasteiger charge is 2.40. The minimum atomic E-state index is -0.443. The number of amides is 1. The summed E-state index contributed by atoms with van der Waals surface area (Å²) >= 11 is 0. The van der Waals surface area contributed by atoms with Gasteiger partial charge in [-0.2, -0.15) is 0 Å². The van der Waals surface area contributed by atoms with Crippen molar-refractivity contribution in [1.29, 1.82) is 0 Å². The highest BCUT2D eigenvalue weighted by Crippen LogP contribution is 2.41. The molecule has 0 unspecified atom stereocenters. The molecule has 0 saturated heterocycles. The van der Waals surface area contributed by atoms with Crippen LogP contribution in [0.15, 0.2) is 30.3 Å². The van der Waals surface area contributed by atoms with E-state index in [1.807, 2.05) is 18.2 Å². The minimum Gasteiger partial charge on any atom is -0.345 e. The summed E-state index contributed by atoms with van der Waals surface area (Å²) in [6, 6.07) is 9.70. The molecule has 0 bridgehead atoms. The average Bonchev–Trinajstić information content (AvgIpc) is 2.24. The highest BCUT2D eigenvalue weighted by molar-refractivity contribution is 5.85. The number of carbonyl (C=O) groups excluding carboxylic acids is 1. The summed E-state index contributed by atoms with van der Waals surface area (Å²) in [5.41, 5.74) is 6.62. The number of carbonyl (C=O) groups is 1. The molecular weight excluding hydrogens is 236 g/mol. The summed E-state index contributed by atoms with van der Waals surface area (Å²) in [5.74, 6) is -0.0662. The Balaban J connectivity index is 0.00000144. The Morgan fingerprint density at radius 3 is 2.35 bits per heavy atom. The fraction of sp³-hybridized carbons (Fsp3) is 0.462. The summed E-state index contributed by atoms with van der Waals surface area (Å²) in [6.45, 7) is 1.71. The molecule has 94 valence electrons. The van der Waals surface area contributed by atoms with E-state index in [0.717, 1.165) is 19.3 Å². The van der Waals surface area contributed by atoms with E-state index in [1.54, 1.807) is 6.92 Å². The standard InChI is InChI=1S/C13H18N2O.ClH/c1-10(14)12(16)15-13(8-5-9-13)11-6-3-2-4-7-11;/h2-4,6-7,10H,5,8-9,14H2,1H3,(H,15,16);1H/t10-;/m1./s1. The molecule has 17 heavy (non-hydrogen) atoms. The number of rotatable bonds is 3. The van der Waals surface area contributed by atoms with Gasteiger partial charge in [0.05, 0.1) is 11.6 Å². The predicted octanol–water partition coefficient (Wildman–Crippen LogP) is 1.95. The van der Waals surface area contributed by atoms with E-state index in [9.17, 15) is 4.79 Å². The Kier molecular flexibility index (Phi) is 4.54. The fourth-order valence-electron chi connectivity index (χ4n) is 2.12. The molecule has 4 heteroatoms. The lowest BCUT2D eigenvalue weighted by molar-refractivity contribution is -0.125. The van der Waals surface area contributed by atoms with Crippen LogP contribution in [0, 0.1) is 0 Å². The van der Waals surface area contributed by atoms with Gasteiger partial charge in [-0.1, -0.05) is 30.3 Å². The highest BCUT2D eigenvalue weighted by atomic mass is 35.5. The van der Waals surface area contributed by atoms with Crippen LogP contribution in [0.2, 0.25) is 0 Å². The second kappa shape index (κ2) is 5.52. The summed E-state index contributed by atoms with van der Waals surface area (Å²) in [7, 11) is 0. The zero-order valence-corrected chi connectivity index (χ0v) is 10.8. The largest absolute Gasteiger partial charge is 0.345 e. The lowest BCUT2D eigenvalue weighted by Crippen LogP contribution is -2.54. The van der Waals surface area contributed by atoms with Crippen LogP contribution in [0.3, 0.4) is 0 Å². The molecule has 1 aliphatic carbocycles. The first-order valence-electron chi connectivity index (χ1n) is 5.77. The van der Waals surface area contributed by atoms with Crippen molar-refractivity contribution in [3.8, 4) is 0 Å². The van der Waals surface area contributed by atoms with Gasteiger partial charge in [0.15, 0.2) is 0 Å². The van der Waals surface area contributed by atoms with E-state index in [4.69, 9.17) is 5.73 Å². The van der Waals surface area contributed by atoms with Gasteiger partial charge in [0.2, 0.25) is 5.91 Å². The quantitative estimate of drug-likeness (QED) is 0.866. The van der Waals surface area contributed by atoms with Crippen molar-refractivity contribution >= 4 is 18.3 Å². The molecule has 1 aliphatic rings. The van der Waals surface area contributed by atoms with Gasteiger partial charge in [-0.05, 0) is 31.7 Å². The zero-order chi connectivity index (χ0) is 11.6. The maximum atomic E-state index is 11.7. The average molecular weight is 255 g/mol. The van der Waals surface area contributed by atoms with Gasteiger partial charge in [-0.15, -0.1) is 12.4 Å². The van der Waals surface area contributed by atoms with Crippen LogP contribution in [-0.4, -0.2) is 11.9 Å². The Labute approximate surface area is 108 Å². The van der Waals surface area contributed by atoms with Crippen LogP contribution in [0.4, 0.5) is 0 Å². The van der Waals surface area contributed by atoms with Crippen molar-refractivity contribution in [3.63, 3.8) is 0 Å². The van der Waals surface area contributed by atoms with Crippen molar-refractivity contribution in [1.82, 2.24) is 5.32 Å². The molecule has 0 aromatic heterocycles. The van der Waals surface area contributed by atoms with Gasteiger partial charge in [0.25, 0.3) is 0 Å². The van der Waals surface area contributed by atoms with Crippen LogP contribution in [0.1, 0.15) is 31.7 Å². The van der Waals surface area contributed by atoms with Gasteiger partial charge in [0, 0.05) is 0 Å². The normalized spacial score (nSPS) is 18.5. The summed E-state index contributed by atoms with van der Waals surface area (Å²) in [5, 5.41) is 3.08. The molecule has 0 aliphatic heterocycles. The molecule has 1 atom stereocenters. The number of halogens is 1. The summed E-state index contributed by atoms with van der Waals surface area (Å²) in [6.07, 6.45) is 3.18. The molecular formula is C13H19ClN2O. The number of hydrogen-bond acceptors (Lipinski definition) is 2. The third-order valence-corrected chi connectivity index (χ3v) is 3.31. The van der Waals surface area contributed by atoms with E-state index in [1.165, 1.54) is 5.56 Å². The van der Waals surface area contributed by atoms with Gasteiger partial charge in [-0.3, -0.25) is 4.79 Å². The van der Waals surface area contributed by atoms with E-state index in [2.05, 4.69) is 17.4 Å². The van der Waals surface area contributed by atoms with Gasteiger partial charge in [0.1, 0.15) is 0 Å². The molecule has 1 saturated carbocycles. The number of nitrogens with two attached hydrogens (primary N) is 1. The first kappa shape index (κ1) is 14.0. The Morgan fingerprint density at radius 1 is 1.35 bits per heavy atom. The Morgan fingerprint density at radius 2 is 1.94 bits per heavy atom. The molecule has 0 radical (unpaired) electrons. The molecule has 1 aromatic rings. The molecule has 1 fully saturated rings. The van der Waals surface area contributed by atoms with Gasteiger partial charge in [-0.25, -0.2) is 0 Å². The van der Waals surface area contributed by atoms with E-state index in [-0.39, 0.29) is 23.9 Å². The smallest absolute Gasteiger partial charge is 0.237 e. The van der Waals surface area contributed by atoms with Crippen LogP contribution in [0.25, 0.3) is 0 Å². The molecule has 0 spiro atoms. The lowest BCUT2D eigenvalue weighted by atomic mass is 9.71. The van der Waals surface area contributed by atoms with E-state index < -0.39 is 6.04 Å². The maximum absolute atomic E-state index is 11.7. The molecule has 2 rings (SSSR count). The second-order valence-electron chi connectivity index (χ2n) is 4.58. The first-order chi connectivity index (χ1) is 7.64. The van der Waals surface area contributed by atoms with Crippen molar-refractivity contribution < 1.29 is 4.79 Å². The summed E-state index contributed by atoms with van der Waals surface area (Å²) in [4.78, 5) is 11.7. The fourth-order valence-corrected chi connectivity index (χ4v) is 2.12. The Hall–Kier alpha value is -1.06. The van der Waals surface area contributed by atoms with E-state index >= 15 is 0 Å². The van der Waals surface area contributed by atoms with Crippen molar-refractivity contribution in [3.05, 3.63) is 35.9 Å². The van der Waals surface area contributed by atoms with Crippen LogP contribution in [-0.2, 0) is 10.3 Å². The number of hydrogen-bond donors (Lipinski definition) is 2. The topological polar surface area (TPSA) is 55.1 Å². The third-order valence-electron chi connectivity index (χ3n) is 3.31. The molecule has 3 N–H and O–H groups in total. The first-order valence-corrected chi connectivity index (χ1v) is 5.77. The SMILES string of the molecule is C[C@@H](N)C(=O)NC1(c2ccccc2)CCC1.Cl. The van der Waals surface area contributed by atoms with Gasteiger partial charge < -0.3 is 11.1 Å². The predicted molar refractivity (Wildman–Crippen MR) is 71.0 cm³/mol. The Bertz CT molecular complexity index is 374. The monoisotopic (exact) mass is 254 g/mol.